The molecule has 0 bridgehead atoms. The van der Waals surface area contributed by atoms with Gasteiger partial charge in [0.05, 0.1) is 11.8 Å². The van der Waals surface area contributed by atoms with Crippen LogP contribution in [0.4, 0.5) is 0 Å². The number of hydrogen-bond donors (Lipinski definition) is 1. The summed E-state index contributed by atoms with van der Waals surface area (Å²) < 4.78 is 4.94. The summed E-state index contributed by atoms with van der Waals surface area (Å²) in [6, 6.07) is 8.12. The van der Waals surface area contributed by atoms with Crippen LogP contribution >= 0.6 is 0 Å². The number of benzene rings is 1. The summed E-state index contributed by atoms with van der Waals surface area (Å²) in [5.74, 6) is 5.46. The van der Waals surface area contributed by atoms with Crippen molar-refractivity contribution in [1.29, 1.82) is 5.26 Å². The zero-order chi connectivity index (χ0) is 11.4. The molecule has 0 aliphatic carbocycles. The molecule has 0 spiro atoms. The van der Waals surface area contributed by atoms with Crippen LogP contribution in [0.5, 0.6) is 5.75 Å². The van der Waals surface area contributed by atoms with Crippen molar-refractivity contribution >= 4 is 0 Å². The van der Waals surface area contributed by atoms with Gasteiger partial charge in [0.1, 0.15) is 5.75 Å². The summed E-state index contributed by atoms with van der Waals surface area (Å²) >= 11 is 0. The minimum absolute atomic E-state index is 0.0826. The number of aromatic hydroxyl groups is 1. The van der Waals surface area contributed by atoms with E-state index in [0.29, 0.717) is 16.9 Å². The van der Waals surface area contributed by atoms with Crippen molar-refractivity contribution in [1.82, 2.24) is 5.16 Å². The van der Waals surface area contributed by atoms with E-state index in [4.69, 9.17) is 9.78 Å². The Morgan fingerprint density at radius 3 is 2.88 bits per heavy atom. The van der Waals surface area contributed by atoms with E-state index in [1.807, 2.05) is 0 Å². The third-order valence-corrected chi connectivity index (χ3v) is 1.96. The highest BCUT2D eigenvalue weighted by atomic mass is 16.5. The first-order valence-electron chi connectivity index (χ1n) is 4.45. The van der Waals surface area contributed by atoms with E-state index < -0.39 is 0 Å². The van der Waals surface area contributed by atoms with E-state index in [1.165, 1.54) is 12.3 Å². The Balaban J connectivity index is 2.50. The lowest BCUT2D eigenvalue weighted by atomic mass is 10.1. The Bertz CT molecular complexity index is 598. The maximum Gasteiger partial charge on any atom is 0.170 e. The Kier molecular flexibility index (Phi) is 2.58. The van der Waals surface area contributed by atoms with Gasteiger partial charge in [0.2, 0.25) is 0 Å². The molecule has 76 valence electrons. The monoisotopic (exact) mass is 210 g/mol. The zero-order valence-corrected chi connectivity index (χ0v) is 8.14. The van der Waals surface area contributed by atoms with E-state index in [-0.39, 0.29) is 5.75 Å². The molecule has 1 aromatic heterocycles. The van der Waals surface area contributed by atoms with Crippen LogP contribution in [0.1, 0.15) is 5.56 Å². The van der Waals surface area contributed by atoms with Crippen LogP contribution in [0, 0.1) is 23.2 Å². The summed E-state index contributed by atoms with van der Waals surface area (Å²) in [5.41, 5.74) is 1.13. The largest absolute Gasteiger partial charge is 0.507 e. The molecule has 2 aromatic rings. The highest BCUT2D eigenvalue weighted by Crippen LogP contribution is 2.29. The van der Waals surface area contributed by atoms with E-state index in [1.54, 1.807) is 24.3 Å². The van der Waals surface area contributed by atoms with Gasteiger partial charge < -0.3 is 9.63 Å². The van der Waals surface area contributed by atoms with E-state index in [2.05, 4.69) is 17.0 Å². The maximum absolute atomic E-state index is 9.63. The molecule has 1 heterocycles. The van der Waals surface area contributed by atoms with Crippen LogP contribution in [0.3, 0.4) is 0 Å². The number of phenols is 1. The molecule has 0 atom stereocenters. The molecule has 0 unspecified atom stereocenters. The average Bonchev–Trinajstić information content (AvgIpc) is 2.81. The minimum Gasteiger partial charge on any atom is -0.507 e. The zero-order valence-electron chi connectivity index (χ0n) is 8.14. The Hall–Kier alpha value is -2.72. The normalized spacial score (nSPS) is 8.94. The number of aromatic nitrogens is 1. The molecule has 0 aliphatic heterocycles. The molecule has 4 heteroatoms. The highest BCUT2D eigenvalue weighted by molar-refractivity contribution is 5.67. The maximum atomic E-state index is 9.63. The fourth-order valence-corrected chi connectivity index (χ4v) is 1.27. The lowest BCUT2D eigenvalue weighted by molar-refractivity contribution is 0.426. The fraction of sp³-hybridized carbons (Fsp3) is 0. The molecule has 1 N–H and O–H groups in total. The molecule has 0 saturated heterocycles. The first-order valence-corrected chi connectivity index (χ1v) is 4.45. The lowest BCUT2D eigenvalue weighted by Gasteiger charge is -2.00. The van der Waals surface area contributed by atoms with Crippen molar-refractivity contribution in [2.75, 3.05) is 0 Å². The smallest absolute Gasteiger partial charge is 0.170 e. The number of rotatable bonds is 1. The number of phenolic OH excluding ortho intramolecular Hbond substituents is 1. The van der Waals surface area contributed by atoms with Gasteiger partial charge in [0.15, 0.2) is 11.8 Å². The average molecular weight is 210 g/mol. The molecule has 0 fully saturated rings. The molecule has 1 aromatic carbocycles. The molecule has 0 radical (unpaired) electrons. The van der Waals surface area contributed by atoms with Crippen molar-refractivity contribution in [3.05, 3.63) is 36.0 Å². The third kappa shape index (κ3) is 1.87. The lowest BCUT2D eigenvalue weighted by Crippen LogP contribution is -1.80. The number of nitriles is 1. The molecule has 0 aliphatic rings. The number of hydrogen-bond acceptors (Lipinski definition) is 4. The van der Waals surface area contributed by atoms with Crippen LogP contribution < -0.4 is 0 Å². The van der Waals surface area contributed by atoms with Crippen molar-refractivity contribution in [3.63, 3.8) is 0 Å². The van der Waals surface area contributed by atoms with Gasteiger partial charge in [-0.2, -0.15) is 5.26 Å². The van der Waals surface area contributed by atoms with E-state index >= 15 is 0 Å². The highest BCUT2D eigenvalue weighted by Gasteiger charge is 2.08. The van der Waals surface area contributed by atoms with Gasteiger partial charge in [-0.1, -0.05) is 11.1 Å². The van der Waals surface area contributed by atoms with Gasteiger partial charge >= 0.3 is 0 Å². The second-order valence-electron chi connectivity index (χ2n) is 2.97. The van der Waals surface area contributed by atoms with Crippen LogP contribution in [-0.2, 0) is 0 Å². The van der Waals surface area contributed by atoms with Crippen molar-refractivity contribution in [2.45, 2.75) is 0 Å². The van der Waals surface area contributed by atoms with Crippen molar-refractivity contribution < 1.29 is 9.63 Å². The summed E-state index contributed by atoms with van der Waals surface area (Å²) in [6.45, 7) is 0. The van der Waals surface area contributed by atoms with Crippen LogP contribution in [0.2, 0.25) is 0 Å². The van der Waals surface area contributed by atoms with Gasteiger partial charge in [0, 0.05) is 17.6 Å². The van der Waals surface area contributed by atoms with E-state index in [9.17, 15) is 5.11 Å². The van der Waals surface area contributed by atoms with Gasteiger partial charge in [-0.25, -0.2) is 0 Å². The SMILES string of the molecule is N#CC#Cc1ccc(O)c(-c2ccno2)c1. The summed E-state index contributed by atoms with van der Waals surface area (Å²) in [7, 11) is 0. The molecule has 0 amide bonds. The Morgan fingerprint density at radius 1 is 1.31 bits per heavy atom. The molecule has 2 rings (SSSR count). The van der Waals surface area contributed by atoms with E-state index in [0.717, 1.165) is 0 Å². The molecule has 16 heavy (non-hydrogen) atoms. The molecule has 4 nitrogen and oxygen atoms in total. The summed E-state index contributed by atoms with van der Waals surface area (Å²) in [5, 5.41) is 21.5. The third-order valence-electron chi connectivity index (χ3n) is 1.96. The first kappa shape index (κ1) is 9.82. The molecular formula is C12H6N2O2. The second-order valence-corrected chi connectivity index (χ2v) is 2.97. The second kappa shape index (κ2) is 4.20. The van der Waals surface area contributed by atoms with Crippen LogP contribution in [-0.4, -0.2) is 10.3 Å². The van der Waals surface area contributed by atoms with Gasteiger partial charge in [-0.05, 0) is 18.2 Å². The Morgan fingerprint density at radius 2 is 2.19 bits per heavy atom. The van der Waals surface area contributed by atoms with Crippen LogP contribution in [0.15, 0.2) is 35.0 Å². The van der Waals surface area contributed by atoms with Crippen LogP contribution in [0.25, 0.3) is 11.3 Å². The minimum atomic E-state index is 0.0826. The summed E-state index contributed by atoms with van der Waals surface area (Å²) in [6.07, 6.45) is 1.49. The predicted octanol–water partition coefficient (Wildman–Crippen LogP) is 1.92. The number of nitrogens with zero attached hydrogens (tertiary/aromatic N) is 2. The fourth-order valence-electron chi connectivity index (χ4n) is 1.27. The standard InChI is InChI=1S/C12H6N2O2/c13-6-1-2-9-3-4-11(15)10(8-9)12-5-7-14-16-12/h3-5,7-8,15H. The van der Waals surface area contributed by atoms with Gasteiger partial charge in [-0.15, -0.1) is 0 Å². The quantitative estimate of drug-likeness (QED) is 0.730. The summed E-state index contributed by atoms with van der Waals surface area (Å²) in [4.78, 5) is 0. The Labute approximate surface area is 91.7 Å². The molecular weight excluding hydrogens is 204 g/mol. The topological polar surface area (TPSA) is 70.0 Å². The predicted molar refractivity (Wildman–Crippen MR) is 56.1 cm³/mol. The van der Waals surface area contributed by atoms with Gasteiger partial charge in [0.25, 0.3) is 0 Å². The van der Waals surface area contributed by atoms with Crippen molar-refractivity contribution in [2.24, 2.45) is 0 Å². The van der Waals surface area contributed by atoms with Crippen molar-refractivity contribution in [3.8, 4) is 35.0 Å². The first-order chi connectivity index (χ1) is 7.81. The molecule has 0 saturated carbocycles. The van der Waals surface area contributed by atoms with Gasteiger partial charge in [-0.3, -0.25) is 0 Å².